The normalized spacial score (nSPS) is 21.4. The van der Waals surface area contributed by atoms with Crippen molar-refractivity contribution in [3.8, 4) is 0 Å². The summed E-state index contributed by atoms with van der Waals surface area (Å²) >= 11 is 0. The highest BCUT2D eigenvalue weighted by molar-refractivity contribution is 5.89. The fourth-order valence-electron chi connectivity index (χ4n) is 1.32. The standard InChI is InChI=1S/C10H18N2O3.ClH/c1-10(2,3)15-9(14)12-5-4-7(11)8(13)6-12;/h7H,4-6,11H2,1-3H3;1H. The van der Waals surface area contributed by atoms with Gasteiger partial charge in [0.05, 0.1) is 12.6 Å². The Hall–Kier alpha value is -0.810. The summed E-state index contributed by atoms with van der Waals surface area (Å²) in [4.78, 5) is 24.3. The number of carbonyl (C=O) groups excluding carboxylic acids is 2. The van der Waals surface area contributed by atoms with Gasteiger partial charge in [-0.05, 0) is 27.2 Å². The first-order valence-electron chi connectivity index (χ1n) is 5.06. The van der Waals surface area contributed by atoms with E-state index in [0.717, 1.165) is 0 Å². The van der Waals surface area contributed by atoms with Crippen molar-refractivity contribution in [2.45, 2.75) is 38.8 Å². The van der Waals surface area contributed by atoms with Gasteiger partial charge >= 0.3 is 6.09 Å². The lowest BCUT2D eigenvalue weighted by molar-refractivity contribution is -0.123. The van der Waals surface area contributed by atoms with Crippen LogP contribution in [0.4, 0.5) is 4.79 Å². The second kappa shape index (κ2) is 5.50. The molecular formula is C10H19ClN2O3. The predicted molar refractivity (Wildman–Crippen MR) is 62.7 cm³/mol. The van der Waals surface area contributed by atoms with E-state index in [9.17, 15) is 9.59 Å². The third kappa shape index (κ3) is 4.37. The Kier molecular flexibility index (Phi) is 5.22. The van der Waals surface area contributed by atoms with Gasteiger partial charge in [-0.2, -0.15) is 0 Å². The second-order valence-electron chi connectivity index (χ2n) is 4.76. The first-order chi connectivity index (χ1) is 6.79. The van der Waals surface area contributed by atoms with E-state index in [4.69, 9.17) is 10.5 Å². The molecule has 16 heavy (non-hydrogen) atoms. The van der Waals surface area contributed by atoms with Crippen LogP contribution in [0.25, 0.3) is 0 Å². The van der Waals surface area contributed by atoms with E-state index in [0.29, 0.717) is 13.0 Å². The van der Waals surface area contributed by atoms with Crippen LogP contribution in [0.2, 0.25) is 0 Å². The number of nitrogens with zero attached hydrogens (tertiary/aromatic N) is 1. The van der Waals surface area contributed by atoms with Crippen molar-refractivity contribution in [3.05, 3.63) is 0 Å². The van der Waals surface area contributed by atoms with Crippen molar-refractivity contribution in [2.75, 3.05) is 13.1 Å². The number of ether oxygens (including phenoxy) is 1. The number of rotatable bonds is 0. The summed E-state index contributed by atoms with van der Waals surface area (Å²) in [6.07, 6.45) is 0.0701. The van der Waals surface area contributed by atoms with Crippen LogP contribution in [-0.2, 0) is 9.53 Å². The van der Waals surface area contributed by atoms with Crippen LogP contribution in [-0.4, -0.2) is 41.5 Å². The molecule has 1 atom stereocenters. The predicted octanol–water partition coefficient (Wildman–Crippen LogP) is 0.945. The molecule has 0 aliphatic carbocycles. The number of ketones is 1. The zero-order valence-electron chi connectivity index (χ0n) is 9.86. The van der Waals surface area contributed by atoms with E-state index in [-0.39, 0.29) is 24.7 Å². The van der Waals surface area contributed by atoms with Crippen LogP contribution in [0.15, 0.2) is 0 Å². The molecule has 1 aliphatic heterocycles. The molecule has 5 nitrogen and oxygen atoms in total. The van der Waals surface area contributed by atoms with Gasteiger partial charge in [-0.25, -0.2) is 4.79 Å². The maximum Gasteiger partial charge on any atom is 0.410 e. The molecule has 0 aromatic heterocycles. The van der Waals surface area contributed by atoms with E-state index in [1.165, 1.54) is 4.90 Å². The number of hydrogen-bond acceptors (Lipinski definition) is 4. The Morgan fingerprint density at radius 1 is 1.50 bits per heavy atom. The largest absolute Gasteiger partial charge is 0.444 e. The molecule has 0 aromatic carbocycles. The summed E-state index contributed by atoms with van der Waals surface area (Å²) in [5.41, 5.74) is 5.01. The van der Waals surface area contributed by atoms with Gasteiger partial charge < -0.3 is 15.4 Å². The zero-order valence-corrected chi connectivity index (χ0v) is 10.7. The minimum atomic E-state index is -0.528. The van der Waals surface area contributed by atoms with Crippen LogP contribution < -0.4 is 5.73 Å². The third-order valence-corrected chi connectivity index (χ3v) is 2.12. The highest BCUT2D eigenvalue weighted by atomic mass is 35.5. The Morgan fingerprint density at radius 3 is 2.50 bits per heavy atom. The average molecular weight is 251 g/mol. The summed E-state index contributed by atoms with van der Waals surface area (Å²) in [5.74, 6) is -0.105. The van der Waals surface area contributed by atoms with Gasteiger partial charge in [0.15, 0.2) is 5.78 Å². The molecule has 1 amide bonds. The van der Waals surface area contributed by atoms with Crippen molar-refractivity contribution in [3.63, 3.8) is 0 Å². The quantitative estimate of drug-likeness (QED) is 0.695. The summed E-state index contributed by atoms with van der Waals surface area (Å²) < 4.78 is 5.15. The van der Waals surface area contributed by atoms with Gasteiger partial charge in [-0.1, -0.05) is 0 Å². The number of hydrogen-bond donors (Lipinski definition) is 1. The maximum absolute atomic E-state index is 11.6. The molecule has 0 spiro atoms. The van der Waals surface area contributed by atoms with Crippen molar-refractivity contribution in [1.29, 1.82) is 0 Å². The van der Waals surface area contributed by atoms with Gasteiger partial charge in [-0.3, -0.25) is 4.79 Å². The molecule has 1 heterocycles. The van der Waals surface area contributed by atoms with Crippen LogP contribution in [0.3, 0.4) is 0 Å². The zero-order chi connectivity index (χ0) is 11.6. The fourth-order valence-corrected chi connectivity index (χ4v) is 1.32. The summed E-state index contributed by atoms with van der Waals surface area (Å²) in [6, 6.07) is -0.427. The molecule has 6 heteroatoms. The number of likely N-dealkylation sites (tertiary alicyclic amines) is 1. The van der Waals surface area contributed by atoms with Crippen molar-refractivity contribution in [1.82, 2.24) is 4.90 Å². The Labute approximate surface area is 102 Å². The molecule has 94 valence electrons. The molecule has 2 N–H and O–H groups in total. The molecule has 1 fully saturated rings. The molecule has 0 aromatic rings. The summed E-state index contributed by atoms with van der Waals surface area (Å²) in [5, 5.41) is 0. The lowest BCUT2D eigenvalue weighted by Gasteiger charge is -2.31. The second-order valence-corrected chi connectivity index (χ2v) is 4.76. The van der Waals surface area contributed by atoms with Crippen LogP contribution >= 0.6 is 12.4 Å². The van der Waals surface area contributed by atoms with Crippen LogP contribution in [0.5, 0.6) is 0 Å². The molecule has 1 saturated heterocycles. The number of piperidine rings is 1. The van der Waals surface area contributed by atoms with E-state index in [1.807, 2.05) is 0 Å². The monoisotopic (exact) mass is 250 g/mol. The smallest absolute Gasteiger partial charge is 0.410 e. The third-order valence-electron chi connectivity index (χ3n) is 2.12. The molecule has 1 unspecified atom stereocenters. The topological polar surface area (TPSA) is 72.6 Å². The average Bonchev–Trinajstić information content (AvgIpc) is 2.06. The van der Waals surface area contributed by atoms with Crippen LogP contribution in [0, 0.1) is 0 Å². The minimum absolute atomic E-state index is 0. The Morgan fingerprint density at radius 2 is 2.06 bits per heavy atom. The number of amides is 1. The van der Waals surface area contributed by atoms with Gasteiger partial charge in [-0.15, -0.1) is 12.4 Å². The van der Waals surface area contributed by atoms with Gasteiger partial charge in [0.1, 0.15) is 5.60 Å². The van der Waals surface area contributed by atoms with Crippen LogP contribution in [0.1, 0.15) is 27.2 Å². The summed E-state index contributed by atoms with van der Waals surface area (Å²) in [6.45, 7) is 5.94. The maximum atomic E-state index is 11.6. The van der Waals surface area contributed by atoms with Gasteiger partial charge in [0, 0.05) is 6.54 Å². The van der Waals surface area contributed by atoms with E-state index in [1.54, 1.807) is 20.8 Å². The first kappa shape index (κ1) is 15.2. The Balaban J connectivity index is 0.00000225. The Bertz CT molecular complexity index is 276. The van der Waals surface area contributed by atoms with Gasteiger partial charge in [0.25, 0.3) is 0 Å². The number of carbonyl (C=O) groups is 2. The van der Waals surface area contributed by atoms with E-state index in [2.05, 4.69) is 0 Å². The molecule has 1 aliphatic rings. The molecule has 0 saturated carbocycles. The SMILES string of the molecule is CC(C)(C)OC(=O)N1CCC(N)C(=O)C1.Cl. The minimum Gasteiger partial charge on any atom is -0.444 e. The molecular weight excluding hydrogens is 232 g/mol. The first-order valence-corrected chi connectivity index (χ1v) is 5.06. The highest BCUT2D eigenvalue weighted by Gasteiger charge is 2.29. The van der Waals surface area contributed by atoms with Crippen molar-refractivity contribution >= 4 is 24.3 Å². The van der Waals surface area contributed by atoms with Crippen molar-refractivity contribution < 1.29 is 14.3 Å². The van der Waals surface area contributed by atoms with E-state index < -0.39 is 17.7 Å². The fraction of sp³-hybridized carbons (Fsp3) is 0.800. The lowest BCUT2D eigenvalue weighted by Crippen LogP contribution is -2.50. The lowest BCUT2D eigenvalue weighted by atomic mass is 10.1. The number of halogens is 1. The number of Topliss-reactive ketones (excluding diaryl/α,β-unsaturated/α-hetero) is 1. The summed E-state index contributed by atoms with van der Waals surface area (Å²) in [7, 11) is 0. The molecule has 0 bridgehead atoms. The number of nitrogens with two attached hydrogens (primary N) is 1. The van der Waals surface area contributed by atoms with E-state index >= 15 is 0 Å². The highest BCUT2D eigenvalue weighted by Crippen LogP contribution is 2.13. The van der Waals surface area contributed by atoms with Crippen molar-refractivity contribution in [2.24, 2.45) is 5.73 Å². The molecule has 1 rings (SSSR count). The van der Waals surface area contributed by atoms with Gasteiger partial charge in [0.2, 0.25) is 0 Å². The molecule has 0 radical (unpaired) electrons.